The van der Waals surface area contributed by atoms with Crippen molar-refractivity contribution in [1.29, 1.82) is 0 Å². The van der Waals surface area contributed by atoms with Gasteiger partial charge in [0.1, 0.15) is 0 Å². The van der Waals surface area contributed by atoms with Crippen LogP contribution in [0.4, 0.5) is 0 Å². The van der Waals surface area contributed by atoms with Gasteiger partial charge in [-0.25, -0.2) is 0 Å². The van der Waals surface area contributed by atoms with Crippen LogP contribution in [-0.2, 0) is 4.79 Å². The monoisotopic (exact) mass is 523 g/mol. The summed E-state index contributed by atoms with van der Waals surface area (Å²) in [6.45, 7) is 4.30. The maximum absolute atomic E-state index is 12.3. The number of allylic oxidation sites excluding steroid dienone is 2. The second-order valence-corrected chi connectivity index (χ2v) is 11.2. The molecule has 220 valence electrons. The summed E-state index contributed by atoms with van der Waals surface area (Å²) in [7, 11) is 0. The fourth-order valence-electron chi connectivity index (χ4n) is 4.94. The van der Waals surface area contributed by atoms with E-state index in [0.717, 1.165) is 32.1 Å². The van der Waals surface area contributed by atoms with E-state index in [2.05, 4.69) is 31.3 Å². The standard InChI is InChI=1S/C33H65NO3/c1-3-5-7-9-11-13-15-16-17-18-19-21-23-25-27-29-33(37)34-31(30-35)32(36)28-26-24-22-20-14-12-10-8-6-4-2/h14,20,31-32,35-36H,3-13,15-19,21-30H2,1-2H3,(H,34,37)/b20-14+/t31-,32+/m0/s1. The average Bonchev–Trinajstić information content (AvgIpc) is 2.90. The summed E-state index contributed by atoms with van der Waals surface area (Å²) in [6.07, 6.45) is 34.0. The van der Waals surface area contributed by atoms with E-state index < -0.39 is 12.1 Å². The van der Waals surface area contributed by atoms with Gasteiger partial charge in [-0.1, -0.05) is 142 Å². The summed E-state index contributed by atoms with van der Waals surface area (Å²) in [4.78, 5) is 12.3. The Morgan fingerprint density at radius 3 is 1.49 bits per heavy atom. The molecule has 0 fully saturated rings. The van der Waals surface area contributed by atoms with Crippen LogP contribution in [0.2, 0.25) is 0 Å². The van der Waals surface area contributed by atoms with Crippen LogP contribution in [0.3, 0.4) is 0 Å². The van der Waals surface area contributed by atoms with Gasteiger partial charge in [0.2, 0.25) is 5.91 Å². The van der Waals surface area contributed by atoms with E-state index in [1.54, 1.807) is 0 Å². The number of rotatable bonds is 29. The van der Waals surface area contributed by atoms with E-state index in [9.17, 15) is 15.0 Å². The van der Waals surface area contributed by atoms with Crippen molar-refractivity contribution in [2.45, 2.75) is 187 Å². The molecule has 3 N–H and O–H groups in total. The molecule has 2 atom stereocenters. The van der Waals surface area contributed by atoms with Crippen LogP contribution in [-0.4, -0.2) is 34.9 Å². The molecule has 0 rings (SSSR count). The van der Waals surface area contributed by atoms with Gasteiger partial charge >= 0.3 is 0 Å². The molecule has 0 saturated carbocycles. The fourth-order valence-corrected chi connectivity index (χ4v) is 4.94. The quantitative estimate of drug-likeness (QED) is 0.0676. The zero-order chi connectivity index (χ0) is 27.2. The van der Waals surface area contributed by atoms with Gasteiger partial charge in [0.25, 0.3) is 0 Å². The normalized spacial score (nSPS) is 13.3. The predicted molar refractivity (Wildman–Crippen MR) is 161 cm³/mol. The van der Waals surface area contributed by atoms with Crippen LogP contribution in [0.15, 0.2) is 12.2 Å². The number of unbranched alkanes of at least 4 members (excludes halogenated alkanes) is 20. The average molecular weight is 524 g/mol. The van der Waals surface area contributed by atoms with Gasteiger partial charge < -0.3 is 15.5 Å². The molecule has 1 amide bonds. The zero-order valence-electron chi connectivity index (χ0n) is 25.0. The lowest BCUT2D eigenvalue weighted by molar-refractivity contribution is -0.123. The summed E-state index contributed by atoms with van der Waals surface area (Å²) in [5.74, 6) is -0.0428. The number of carbonyl (C=O) groups excluding carboxylic acids is 1. The van der Waals surface area contributed by atoms with Gasteiger partial charge in [0.05, 0.1) is 18.8 Å². The number of amides is 1. The summed E-state index contributed by atoms with van der Waals surface area (Å²) in [5, 5.41) is 22.9. The third kappa shape index (κ3) is 26.5. The van der Waals surface area contributed by atoms with Crippen LogP contribution in [0.1, 0.15) is 174 Å². The maximum atomic E-state index is 12.3. The number of carbonyl (C=O) groups is 1. The van der Waals surface area contributed by atoms with Crippen molar-refractivity contribution in [3.05, 3.63) is 12.2 Å². The first kappa shape index (κ1) is 36.1. The molecular formula is C33H65NO3. The predicted octanol–water partition coefficient (Wildman–Crippen LogP) is 9.17. The molecule has 0 radical (unpaired) electrons. The van der Waals surface area contributed by atoms with Crippen molar-refractivity contribution in [2.24, 2.45) is 0 Å². The lowest BCUT2D eigenvalue weighted by Crippen LogP contribution is -2.45. The smallest absolute Gasteiger partial charge is 0.220 e. The molecule has 4 nitrogen and oxygen atoms in total. The molecule has 0 saturated heterocycles. The van der Waals surface area contributed by atoms with Gasteiger partial charge in [-0.05, 0) is 38.5 Å². The lowest BCUT2D eigenvalue weighted by atomic mass is 10.0. The number of aliphatic hydroxyl groups is 2. The molecule has 0 aliphatic rings. The van der Waals surface area contributed by atoms with E-state index >= 15 is 0 Å². The van der Waals surface area contributed by atoms with Gasteiger partial charge in [0, 0.05) is 6.42 Å². The molecule has 0 aromatic heterocycles. The zero-order valence-corrected chi connectivity index (χ0v) is 25.0. The van der Waals surface area contributed by atoms with E-state index in [4.69, 9.17) is 0 Å². The third-order valence-corrected chi connectivity index (χ3v) is 7.53. The minimum Gasteiger partial charge on any atom is -0.394 e. The molecule has 4 heteroatoms. The van der Waals surface area contributed by atoms with E-state index in [0.29, 0.717) is 12.8 Å². The summed E-state index contributed by atoms with van der Waals surface area (Å²) in [6, 6.07) is -0.544. The Morgan fingerprint density at radius 1 is 0.622 bits per heavy atom. The summed E-state index contributed by atoms with van der Waals surface area (Å²) in [5.41, 5.74) is 0. The third-order valence-electron chi connectivity index (χ3n) is 7.53. The minimum atomic E-state index is -0.673. The second-order valence-electron chi connectivity index (χ2n) is 11.2. The van der Waals surface area contributed by atoms with Gasteiger partial charge in [-0.3, -0.25) is 4.79 Å². The number of hydrogen-bond acceptors (Lipinski definition) is 3. The molecule has 0 aromatic rings. The van der Waals surface area contributed by atoms with E-state index in [1.165, 1.54) is 116 Å². The Bertz CT molecular complexity index is 494. The Hall–Kier alpha value is -0.870. The maximum Gasteiger partial charge on any atom is 0.220 e. The summed E-state index contributed by atoms with van der Waals surface area (Å²) < 4.78 is 0. The van der Waals surface area contributed by atoms with Gasteiger partial charge in [0.15, 0.2) is 0 Å². The minimum absolute atomic E-state index is 0.0428. The molecule has 0 heterocycles. The molecule has 0 aromatic carbocycles. The Labute approximate surface area is 231 Å². The second kappa shape index (κ2) is 29.7. The first-order chi connectivity index (χ1) is 18.2. The van der Waals surface area contributed by atoms with Gasteiger partial charge in [-0.15, -0.1) is 0 Å². The highest BCUT2D eigenvalue weighted by atomic mass is 16.3. The van der Waals surface area contributed by atoms with Crippen LogP contribution in [0, 0.1) is 0 Å². The van der Waals surface area contributed by atoms with Crippen molar-refractivity contribution >= 4 is 5.91 Å². The van der Waals surface area contributed by atoms with Crippen LogP contribution < -0.4 is 5.32 Å². The highest BCUT2D eigenvalue weighted by molar-refractivity contribution is 5.76. The molecular weight excluding hydrogens is 458 g/mol. The molecule has 0 aliphatic heterocycles. The Kier molecular flexibility index (Phi) is 29.0. The molecule has 0 unspecified atom stereocenters. The van der Waals surface area contributed by atoms with Crippen LogP contribution in [0.5, 0.6) is 0 Å². The topological polar surface area (TPSA) is 69.6 Å². The first-order valence-electron chi connectivity index (χ1n) is 16.4. The van der Waals surface area contributed by atoms with Crippen molar-refractivity contribution in [2.75, 3.05) is 6.61 Å². The Balaban J connectivity index is 3.58. The molecule has 0 aliphatic carbocycles. The van der Waals surface area contributed by atoms with E-state index in [1.807, 2.05) is 0 Å². The van der Waals surface area contributed by atoms with Crippen molar-refractivity contribution in [3.8, 4) is 0 Å². The number of hydrogen-bond donors (Lipinski definition) is 3. The Morgan fingerprint density at radius 2 is 1.03 bits per heavy atom. The molecule has 37 heavy (non-hydrogen) atoms. The SMILES string of the molecule is CCCCCC/C=C/CCCC[C@@H](O)[C@H](CO)NC(=O)CCCCCCCCCCCCCCCCC. The lowest BCUT2D eigenvalue weighted by Gasteiger charge is -2.22. The largest absolute Gasteiger partial charge is 0.394 e. The fraction of sp³-hybridized carbons (Fsp3) is 0.909. The number of aliphatic hydroxyl groups excluding tert-OH is 2. The van der Waals surface area contributed by atoms with Crippen molar-refractivity contribution in [1.82, 2.24) is 5.32 Å². The van der Waals surface area contributed by atoms with Crippen LogP contribution >= 0.6 is 0 Å². The van der Waals surface area contributed by atoms with Crippen molar-refractivity contribution in [3.63, 3.8) is 0 Å². The first-order valence-corrected chi connectivity index (χ1v) is 16.4. The molecule has 0 bridgehead atoms. The summed E-state index contributed by atoms with van der Waals surface area (Å²) >= 11 is 0. The van der Waals surface area contributed by atoms with Crippen molar-refractivity contribution < 1.29 is 15.0 Å². The van der Waals surface area contributed by atoms with E-state index in [-0.39, 0.29) is 12.5 Å². The highest BCUT2D eigenvalue weighted by Gasteiger charge is 2.19. The number of nitrogens with one attached hydrogen (secondary N) is 1. The van der Waals surface area contributed by atoms with Gasteiger partial charge in [-0.2, -0.15) is 0 Å². The molecule has 0 spiro atoms. The highest BCUT2D eigenvalue weighted by Crippen LogP contribution is 2.14. The van der Waals surface area contributed by atoms with Crippen LogP contribution in [0.25, 0.3) is 0 Å².